The Balaban J connectivity index is 0. The van der Waals surface area contributed by atoms with E-state index in [1.54, 1.807) is 6.08 Å². The number of aryl methyl sites for hydroxylation is 1. The minimum atomic E-state index is -0.503. The highest BCUT2D eigenvalue weighted by Gasteiger charge is 1.96. The molecule has 0 aromatic heterocycles. The maximum atomic E-state index is 12.4. The first-order valence-electron chi connectivity index (χ1n) is 5.16. The van der Waals surface area contributed by atoms with Gasteiger partial charge in [-0.15, -0.1) is 6.58 Å². The molecule has 0 fully saturated rings. The number of rotatable bonds is 1. The summed E-state index contributed by atoms with van der Waals surface area (Å²) in [5.74, 6) is -1.01. The molecule has 86 valence electrons. The van der Waals surface area contributed by atoms with Crippen molar-refractivity contribution in [2.75, 3.05) is 0 Å². The summed E-state index contributed by atoms with van der Waals surface area (Å²) in [6.45, 7) is 11.1. The predicted octanol–water partition coefficient (Wildman–Crippen LogP) is 4.75. The van der Waals surface area contributed by atoms with Crippen molar-refractivity contribution in [1.29, 1.82) is 0 Å². The highest BCUT2D eigenvalue weighted by Crippen LogP contribution is 2.07. The van der Waals surface area contributed by atoms with E-state index in [4.69, 9.17) is 0 Å². The van der Waals surface area contributed by atoms with E-state index in [2.05, 4.69) is 6.58 Å². The number of benzene rings is 1. The van der Waals surface area contributed by atoms with Gasteiger partial charge in [-0.25, -0.2) is 8.78 Å². The quantitative estimate of drug-likeness (QED) is 0.592. The fraction of sp³-hybridized carbons (Fsp3) is 0.385. The lowest BCUT2D eigenvalue weighted by molar-refractivity contribution is 0.580. The summed E-state index contributed by atoms with van der Waals surface area (Å²) in [7, 11) is 0. The van der Waals surface area contributed by atoms with Gasteiger partial charge in [-0.2, -0.15) is 0 Å². The molecule has 15 heavy (non-hydrogen) atoms. The van der Waals surface area contributed by atoms with Crippen LogP contribution in [-0.4, -0.2) is 0 Å². The molecule has 1 rings (SSSR count). The van der Waals surface area contributed by atoms with Crippen molar-refractivity contribution < 1.29 is 8.78 Å². The molecular formula is C13H20F2. The summed E-state index contributed by atoms with van der Waals surface area (Å²) >= 11 is 0. The summed E-state index contributed by atoms with van der Waals surface area (Å²) in [5.41, 5.74) is 0.692. The Morgan fingerprint density at radius 1 is 1.13 bits per heavy atom. The summed E-state index contributed by atoms with van der Waals surface area (Å²) < 4.78 is 24.8. The Hall–Kier alpha value is -1.18. The van der Waals surface area contributed by atoms with Gasteiger partial charge in [0, 0.05) is 6.07 Å². The molecule has 0 N–H and O–H groups in total. The molecule has 0 unspecified atom stereocenters. The monoisotopic (exact) mass is 214 g/mol. The molecule has 0 saturated heterocycles. The van der Waals surface area contributed by atoms with Crippen LogP contribution in [0, 0.1) is 11.6 Å². The predicted molar refractivity (Wildman–Crippen MR) is 63.0 cm³/mol. The second-order valence-electron chi connectivity index (χ2n) is 2.54. The first-order valence-corrected chi connectivity index (χ1v) is 5.16. The third kappa shape index (κ3) is 9.13. The minimum absolute atomic E-state index is 0.503. The van der Waals surface area contributed by atoms with Crippen LogP contribution < -0.4 is 0 Å². The third-order valence-corrected chi connectivity index (χ3v) is 1.33. The maximum absolute atomic E-state index is 12.4. The van der Waals surface area contributed by atoms with E-state index < -0.39 is 11.6 Å². The lowest BCUT2D eigenvalue weighted by atomic mass is 10.2. The molecule has 0 nitrogen and oxygen atoms in total. The second kappa shape index (κ2) is 10.9. The van der Waals surface area contributed by atoms with Crippen molar-refractivity contribution in [3.05, 3.63) is 48.1 Å². The lowest BCUT2D eigenvalue weighted by Crippen LogP contribution is -1.84. The smallest absolute Gasteiger partial charge is 0.126 e. The summed E-state index contributed by atoms with van der Waals surface area (Å²) in [6.07, 6.45) is 2.41. The Labute approximate surface area is 91.6 Å². The second-order valence-corrected chi connectivity index (χ2v) is 2.54. The molecule has 0 aliphatic heterocycles. The third-order valence-electron chi connectivity index (χ3n) is 1.33. The highest BCUT2D eigenvalue weighted by atomic mass is 19.1. The fourth-order valence-electron chi connectivity index (χ4n) is 0.815. The molecule has 0 heterocycles. The molecule has 0 aliphatic carbocycles. The average Bonchev–Trinajstić information content (AvgIpc) is 2.20. The molecule has 1 aromatic rings. The SMILES string of the molecule is C=CC.CC.CCc1cc(F)cc(F)c1. The molecule has 1 aromatic carbocycles. The van der Waals surface area contributed by atoms with Crippen molar-refractivity contribution >= 4 is 0 Å². The number of hydrogen-bond acceptors (Lipinski definition) is 0. The first kappa shape index (κ1) is 16.3. The fourth-order valence-corrected chi connectivity index (χ4v) is 0.815. The van der Waals surface area contributed by atoms with Crippen LogP contribution in [0.15, 0.2) is 30.9 Å². The van der Waals surface area contributed by atoms with Gasteiger partial charge in [0.25, 0.3) is 0 Å². The summed E-state index contributed by atoms with van der Waals surface area (Å²) in [5, 5.41) is 0. The molecule has 0 amide bonds. The number of allylic oxidation sites excluding steroid dienone is 1. The van der Waals surface area contributed by atoms with Gasteiger partial charge in [-0.1, -0.05) is 26.8 Å². The zero-order valence-electron chi connectivity index (χ0n) is 9.98. The van der Waals surface area contributed by atoms with Crippen molar-refractivity contribution in [3.8, 4) is 0 Å². The van der Waals surface area contributed by atoms with Crippen LogP contribution in [0.5, 0.6) is 0 Å². The summed E-state index contributed by atoms with van der Waals surface area (Å²) in [4.78, 5) is 0. The molecule has 0 radical (unpaired) electrons. The Kier molecular flexibility index (Phi) is 11.8. The van der Waals surface area contributed by atoms with Gasteiger partial charge in [0.2, 0.25) is 0 Å². The van der Waals surface area contributed by atoms with Gasteiger partial charge < -0.3 is 0 Å². The van der Waals surface area contributed by atoms with Crippen LogP contribution in [-0.2, 0) is 6.42 Å². The van der Waals surface area contributed by atoms with Crippen molar-refractivity contribution in [2.24, 2.45) is 0 Å². The van der Waals surface area contributed by atoms with Crippen LogP contribution in [0.1, 0.15) is 33.3 Å². The standard InChI is InChI=1S/C8H8F2.C3H6.C2H6/c1-2-6-3-7(9)5-8(10)4-6;1-3-2;1-2/h3-5H,2H2,1H3;3H,1H2,2H3;1-2H3. The largest absolute Gasteiger partial charge is 0.207 e. The van der Waals surface area contributed by atoms with E-state index in [0.29, 0.717) is 12.0 Å². The average molecular weight is 214 g/mol. The molecule has 0 spiro atoms. The van der Waals surface area contributed by atoms with E-state index in [9.17, 15) is 8.78 Å². The zero-order chi connectivity index (χ0) is 12.3. The van der Waals surface area contributed by atoms with Gasteiger partial charge in [0.15, 0.2) is 0 Å². The number of hydrogen-bond donors (Lipinski definition) is 0. The Morgan fingerprint density at radius 2 is 1.47 bits per heavy atom. The van der Waals surface area contributed by atoms with Gasteiger partial charge in [-0.05, 0) is 31.0 Å². The molecular weight excluding hydrogens is 194 g/mol. The number of halogens is 2. The van der Waals surface area contributed by atoms with Crippen LogP contribution >= 0.6 is 0 Å². The van der Waals surface area contributed by atoms with Gasteiger partial charge in [0.05, 0.1) is 0 Å². The lowest BCUT2D eigenvalue weighted by Gasteiger charge is -1.95. The van der Waals surface area contributed by atoms with Gasteiger partial charge in [-0.3, -0.25) is 0 Å². The van der Waals surface area contributed by atoms with E-state index in [0.717, 1.165) is 6.07 Å². The Bertz CT molecular complexity index is 247. The van der Waals surface area contributed by atoms with Gasteiger partial charge in [0.1, 0.15) is 11.6 Å². The van der Waals surface area contributed by atoms with Crippen LogP contribution in [0.4, 0.5) is 8.78 Å². The first-order chi connectivity index (χ1) is 7.13. The molecule has 0 saturated carbocycles. The van der Waals surface area contributed by atoms with Crippen molar-refractivity contribution in [2.45, 2.75) is 34.1 Å². The minimum Gasteiger partial charge on any atom is -0.207 e. The van der Waals surface area contributed by atoms with E-state index >= 15 is 0 Å². The molecule has 2 heteroatoms. The van der Waals surface area contributed by atoms with E-state index in [1.165, 1.54) is 12.1 Å². The topological polar surface area (TPSA) is 0 Å². The van der Waals surface area contributed by atoms with Crippen LogP contribution in [0.25, 0.3) is 0 Å². The van der Waals surface area contributed by atoms with E-state index in [-0.39, 0.29) is 0 Å². The van der Waals surface area contributed by atoms with Crippen LogP contribution in [0.3, 0.4) is 0 Å². The normalized spacial score (nSPS) is 7.87. The zero-order valence-corrected chi connectivity index (χ0v) is 9.98. The van der Waals surface area contributed by atoms with E-state index in [1.807, 2.05) is 27.7 Å². The van der Waals surface area contributed by atoms with Crippen LogP contribution in [0.2, 0.25) is 0 Å². The highest BCUT2D eigenvalue weighted by molar-refractivity contribution is 5.17. The molecule has 0 aliphatic rings. The van der Waals surface area contributed by atoms with Crippen molar-refractivity contribution in [3.63, 3.8) is 0 Å². The maximum Gasteiger partial charge on any atom is 0.126 e. The van der Waals surface area contributed by atoms with Gasteiger partial charge >= 0.3 is 0 Å². The van der Waals surface area contributed by atoms with Crippen molar-refractivity contribution in [1.82, 2.24) is 0 Å². The summed E-state index contributed by atoms with van der Waals surface area (Å²) in [6, 6.07) is 3.55. The Morgan fingerprint density at radius 3 is 1.73 bits per heavy atom. The molecule has 0 bridgehead atoms. The molecule has 0 atom stereocenters.